The SMILES string of the molecule is CN1CCC(Nc2cccc(C#N)c2[N+](=O)[O-])C1=O. The van der Waals surface area contributed by atoms with Gasteiger partial charge in [0, 0.05) is 13.6 Å². The minimum Gasteiger partial charge on any atom is -0.368 e. The molecule has 1 fully saturated rings. The van der Waals surface area contributed by atoms with Crippen LogP contribution in [0.4, 0.5) is 11.4 Å². The molecule has 7 heteroatoms. The van der Waals surface area contributed by atoms with Crippen molar-refractivity contribution in [3.63, 3.8) is 0 Å². The fourth-order valence-corrected chi connectivity index (χ4v) is 2.09. The van der Waals surface area contributed by atoms with E-state index in [4.69, 9.17) is 5.26 Å². The largest absolute Gasteiger partial charge is 0.368 e. The first-order chi connectivity index (χ1) is 9.04. The van der Waals surface area contributed by atoms with Gasteiger partial charge in [0.15, 0.2) is 0 Å². The van der Waals surface area contributed by atoms with Crippen molar-refractivity contribution < 1.29 is 9.72 Å². The van der Waals surface area contributed by atoms with Crippen LogP contribution < -0.4 is 5.32 Å². The number of nitro benzene ring substituents is 1. The van der Waals surface area contributed by atoms with Gasteiger partial charge in [-0.1, -0.05) is 6.07 Å². The van der Waals surface area contributed by atoms with Crippen LogP contribution in [0.5, 0.6) is 0 Å². The molecule has 98 valence electrons. The van der Waals surface area contributed by atoms with Crippen molar-refractivity contribution >= 4 is 17.3 Å². The van der Waals surface area contributed by atoms with Crippen LogP contribution in [0.1, 0.15) is 12.0 Å². The number of nitriles is 1. The van der Waals surface area contributed by atoms with Crippen molar-refractivity contribution in [3.8, 4) is 6.07 Å². The number of carbonyl (C=O) groups excluding carboxylic acids is 1. The van der Waals surface area contributed by atoms with Gasteiger partial charge in [-0.2, -0.15) is 5.26 Å². The molecule has 0 saturated carbocycles. The van der Waals surface area contributed by atoms with Crippen LogP contribution in [0.15, 0.2) is 18.2 Å². The Morgan fingerprint density at radius 2 is 2.32 bits per heavy atom. The van der Waals surface area contributed by atoms with Crippen molar-refractivity contribution in [2.45, 2.75) is 12.5 Å². The Bertz CT molecular complexity index is 579. The summed E-state index contributed by atoms with van der Waals surface area (Å²) in [6.45, 7) is 0.613. The number of carbonyl (C=O) groups is 1. The molecule has 0 aliphatic carbocycles. The highest BCUT2D eigenvalue weighted by molar-refractivity contribution is 5.87. The average Bonchev–Trinajstić information content (AvgIpc) is 2.70. The van der Waals surface area contributed by atoms with Crippen LogP contribution in [0.25, 0.3) is 0 Å². The molecule has 1 amide bonds. The Morgan fingerprint density at radius 3 is 2.84 bits per heavy atom. The number of hydrogen-bond acceptors (Lipinski definition) is 5. The van der Waals surface area contributed by atoms with E-state index in [9.17, 15) is 14.9 Å². The number of likely N-dealkylation sites (tertiary alicyclic amines) is 1. The number of benzene rings is 1. The van der Waals surface area contributed by atoms with Gasteiger partial charge in [-0.25, -0.2) is 0 Å². The van der Waals surface area contributed by atoms with Gasteiger partial charge in [-0.05, 0) is 18.6 Å². The van der Waals surface area contributed by atoms with Crippen molar-refractivity contribution in [2.75, 3.05) is 18.9 Å². The summed E-state index contributed by atoms with van der Waals surface area (Å²) in [5, 5.41) is 22.8. The molecular weight excluding hydrogens is 248 g/mol. The van der Waals surface area contributed by atoms with Gasteiger partial charge in [-0.3, -0.25) is 14.9 Å². The van der Waals surface area contributed by atoms with E-state index in [0.717, 1.165) is 0 Å². The number of anilines is 1. The van der Waals surface area contributed by atoms with E-state index in [0.29, 0.717) is 13.0 Å². The van der Waals surface area contributed by atoms with Gasteiger partial charge in [0.25, 0.3) is 0 Å². The van der Waals surface area contributed by atoms with Crippen LogP contribution in [0.3, 0.4) is 0 Å². The minimum atomic E-state index is -0.607. The second kappa shape index (κ2) is 4.94. The first kappa shape index (κ1) is 12.8. The van der Waals surface area contributed by atoms with E-state index in [2.05, 4.69) is 5.32 Å². The van der Waals surface area contributed by atoms with Gasteiger partial charge in [0.2, 0.25) is 5.91 Å². The molecule has 1 unspecified atom stereocenters. The molecule has 1 N–H and O–H groups in total. The van der Waals surface area contributed by atoms with Crippen LogP contribution in [0, 0.1) is 21.4 Å². The second-order valence-corrected chi connectivity index (χ2v) is 4.32. The van der Waals surface area contributed by atoms with E-state index < -0.39 is 11.0 Å². The van der Waals surface area contributed by atoms with Gasteiger partial charge in [-0.15, -0.1) is 0 Å². The first-order valence-electron chi connectivity index (χ1n) is 5.73. The second-order valence-electron chi connectivity index (χ2n) is 4.32. The summed E-state index contributed by atoms with van der Waals surface area (Å²) in [5.74, 6) is -0.100. The number of rotatable bonds is 3. The zero-order valence-electron chi connectivity index (χ0n) is 10.3. The Balaban J connectivity index is 2.33. The molecule has 0 aromatic heterocycles. The molecule has 1 heterocycles. The van der Waals surface area contributed by atoms with Gasteiger partial charge in [0.1, 0.15) is 23.4 Å². The molecule has 19 heavy (non-hydrogen) atoms. The highest BCUT2D eigenvalue weighted by atomic mass is 16.6. The lowest BCUT2D eigenvalue weighted by molar-refractivity contribution is -0.384. The monoisotopic (exact) mass is 260 g/mol. The van der Waals surface area contributed by atoms with E-state index in [1.54, 1.807) is 24.1 Å². The topological polar surface area (TPSA) is 99.3 Å². The summed E-state index contributed by atoms with van der Waals surface area (Å²) in [5.41, 5.74) is -0.0983. The molecule has 2 rings (SSSR count). The number of likely N-dealkylation sites (N-methyl/N-ethyl adjacent to an activating group) is 1. The molecule has 0 spiro atoms. The number of nitrogens with zero attached hydrogens (tertiary/aromatic N) is 3. The molecule has 0 bridgehead atoms. The van der Waals surface area contributed by atoms with Gasteiger partial charge < -0.3 is 10.2 Å². The summed E-state index contributed by atoms with van der Waals surface area (Å²) in [6, 6.07) is 5.75. The fraction of sp³-hybridized carbons (Fsp3) is 0.333. The number of hydrogen-bond donors (Lipinski definition) is 1. The maximum Gasteiger partial charge on any atom is 0.309 e. The molecule has 1 atom stereocenters. The van der Waals surface area contributed by atoms with Crippen LogP contribution in [0.2, 0.25) is 0 Å². The summed E-state index contributed by atoms with van der Waals surface area (Å²) in [7, 11) is 1.68. The van der Waals surface area contributed by atoms with Crippen molar-refractivity contribution in [3.05, 3.63) is 33.9 Å². The van der Waals surface area contributed by atoms with Crippen molar-refractivity contribution in [2.24, 2.45) is 0 Å². The molecule has 0 radical (unpaired) electrons. The maximum atomic E-state index is 11.8. The normalized spacial score (nSPS) is 18.2. The fourth-order valence-electron chi connectivity index (χ4n) is 2.09. The highest BCUT2D eigenvalue weighted by Crippen LogP contribution is 2.29. The van der Waals surface area contributed by atoms with E-state index >= 15 is 0 Å². The zero-order chi connectivity index (χ0) is 14.0. The average molecular weight is 260 g/mol. The van der Waals surface area contributed by atoms with Crippen LogP contribution in [-0.2, 0) is 4.79 Å². The predicted octanol–water partition coefficient (Wildman–Crippen LogP) is 1.11. The Morgan fingerprint density at radius 1 is 1.58 bits per heavy atom. The lowest BCUT2D eigenvalue weighted by Crippen LogP contribution is -2.31. The third-order valence-corrected chi connectivity index (χ3v) is 3.10. The molecule has 1 aliphatic rings. The molecular formula is C12H12N4O3. The summed E-state index contributed by atoms with van der Waals surface area (Å²) in [6.07, 6.45) is 0.587. The third kappa shape index (κ3) is 2.33. The number of nitrogens with one attached hydrogen (secondary N) is 1. The Labute approximate surface area is 109 Å². The van der Waals surface area contributed by atoms with Gasteiger partial charge >= 0.3 is 5.69 Å². The molecule has 1 aromatic carbocycles. The Hall–Kier alpha value is -2.62. The molecule has 1 aliphatic heterocycles. The summed E-state index contributed by atoms with van der Waals surface area (Å²) >= 11 is 0. The van der Waals surface area contributed by atoms with Gasteiger partial charge in [0.05, 0.1) is 4.92 Å². The van der Waals surface area contributed by atoms with Crippen molar-refractivity contribution in [1.82, 2.24) is 4.90 Å². The van der Waals surface area contributed by atoms with Crippen molar-refractivity contribution in [1.29, 1.82) is 5.26 Å². The molecule has 7 nitrogen and oxygen atoms in total. The number of para-hydroxylation sites is 1. The first-order valence-corrected chi connectivity index (χ1v) is 5.73. The Kier molecular flexibility index (Phi) is 3.33. The molecule has 1 aromatic rings. The number of amides is 1. The maximum absolute atomic E-state index is 11.8. The highest BCUT2D eigenvalue weighted by Gasteiger charge is 2.31. The standard InChI is InChI=1S/C12H12N4O3/c1-15-6-5-10(12(15)17)14-9-4-2-3-8(7-13)11(9)16(18)19/h2-4,10,14H,5-6H2,1H3. The minimum absolute atomic E-state index is 0.0196. The summed E-state index contributed by atoms with van der Waals surface area (Å²) < 4.78 is 0. The lowest BCUT2D eigenvalue weighted by Gasteiger charge is -2.13. The van der Waals surface area contributed by atoms with Crippen LogP contribution in [-0.4, -0.2) is 35.4 Å². The smallest absolute Gasteiger partial charge is 0.309 e. The van der Waals surface area contributed by atoms with E-state index in [-0.39, 0.29) is 22.8 Å². The predicted molar refractivity (Wildman–Crippen MR) is 67.5 cm³/mol. The lowest BCUT2D eigenvalue weighted by atomic mass is 10.1. The summed E-state index contributed by atoms with van der Waals surface area (Å²) in [4.78, 5) is 23.8. The van der Waals surface area contributed by atoms with Crippen LogP contribution >= 0.6 is 0 Å². The number of nitro groups is 1. The third-order valence-electron chi connectivity index (χ3n) is 3.10. The molecule has 1 saturated heterocycles. The zero-order valence-corrected chi connectivity index (χ0v) is 10.3. The quantitative estimate of drug-likeness (QED) is 0.648. The van der Waals surface area contributed by atoms with E-state index in [1.165, 1.54) is 12.1 Å². The van der Waals surface area contributed by atoms with E-state index in [1.807, 2.05) is 0 Å².